The van der Waals surface area contributed by atoms with Gasteiger partial charge in [-0.15, -0.1) is 0 Å². The first-order valence-corrected chi connectivity index (χ1v) is 16.9. The molecule has 10 unspecified atom stereocenters. The van der Waals surface area contributed by atoms with Gasteiger partial charge in [-0.3, -0.25) is 4.79 Å². The van der Waals surface area contributed by atoms with Crippen molar-refractivity contribution in [3.05, 3.63) is 36.0 Å². The van der Waals surface area contributed by atoms with Gasteiger partial charge in [0.2, 0.25) is 0 Å². The monoisotopic (exact) mass is 634 g/mol. The van der Waals surface area contributed by atoms with Crippen molar-refractivity contribution in [1.29, 1.82) is 0 Å². The molecule has 256 valence electrons. The number of carbonyl (C=O) groups is 2. The first kappa shape index (κ1) is 37.2. The van der Waals surface area contributed by atoms with E-state index in [1.807, 2.05) is 45.9 Å². The Balaban J connectivity index is 1.70. The van der Waals surface area contributed by atoms with Crippen molar-refractivity contribution in [3.8, 4) is 0 Å². The zero-order chi connectivity index (χ0) is 33.3. The van der Waals surface area contributed by atoms with Gasteiger partial charge in [0.25, 0.3) is 0 Å². The Kier molecular flexibility index (Phi) is 14.1. The van der Waals surface area contributed by atoms with Crippen LogP contribution in [0.4, 0.5) is 4.79 Å². The molecule has 10 heteroatoms. The minimum atomic E-state index is -1.45. The molecule has 10 atom stereocenters. The van der Waals surface area contributed by atoms with Crippen LogP contribution in [0.1, 0.15) is 80.6 Å². The number of cyclic esters (lactones) is 1. The number of hydrogen-bond acceptors (Lipinski definition) is 9. The summed E-state index contributed by atoms with van der Waals surface area (Å²) < 4.78 is 17.6. The minimum Gasteiger partial charge on any atom is -0.457 e. The summed E-state index contributed by atoms with van der Waals surface area (Å²) in [7, 11) is 0. The fraction of sp³-hybridized carbons (Fsp3) is 0.771. The van der Waals surface area contributed by atoms with Gasteiger partial charge in [-0.2, -0.15) is 0 Å². The van der Waals surface area contributed by atoms with E-state index in [9.17, 15) is 24.9 Å². The Labute approximate surface area is 270 Å². The van der Waals surface area contributed by atoms with Crippen LogP contribution in [0.5, 0.6) is 0 Å². The minimum absolute atomic E-state index is 0.0989. The van der Waals surface area contributed by atoms with Crippen LogP contribution in [0.15, 0.2) is 36.0 Å². The van der Waals surface area contributed by atoms with Gasteiger partial charge in [0.05, 0.1) is 30.8 Å². The average molecular weight is 635 g/mol. The number of ether oxygens (including phenoxy) is 3. The number of nitrogens with zero attached hydrogens (tertiary/aromatic N) is 2. The van der Waals surface area contributed by atoms with Gasteiger partial charge in [-0.25, -0.2) is 4.79 Å². The summed E-state index contributed by atoms with van der Waals surface area (Å²) >= 11 is 0. The number of piperazine rings is 1. The lowest BCUT2D eigenvalue weighted by molar-refractivity contribution is -0.151. The van der Waals surface area contributed by atoms with Crippen LogP contribution in [0.25, 0.3) is 0 Å². The Morgan fingerprint density at radius 2 is 1.89 bits per heavy atom. The number of carbonyl (C=O) groups excluding carboxylic acids is 2. The Bertz CT molecular complexity index is 1050. The molecule has 2 saturated heterocycles. The second-order valence-corrected chi connectivity index (χ2v) is 13.6. The van der Waals surface area contributed by atoms with E-state index in [0.717, 1.165) is 31.6 Å². The third kappa shape index (κ3) is 11.2. The number of esters is 1. The molecule has 0 aromatic heterocycles. The van der Waals surface area contributed by atoms with E-state index in [0.29, 0.717) is 19.5 Å². The van der Waals surface area contributed by atoms with Crippen LogP contribution in [0.3, 0.4) is 0 Å². The van der Waals surface area contributed by atoms with Crippen LogP contribution >= 0.6 is 0 Å². The largest absolute Gasteiger partial charge is 0.457 e. The molecule has 10 nitrogen and oxygen atoms in total. The van der Waals surface area contributed by atoms with E-state index in [1.54, 1.807) is 17.9 Å². The molecule has 1 amide bonds. The predicted molar refractivity (Wildman–Crippen MR) is 173 cm³/mol. The second kappa shape index (κ2) is 17.1. The van der Waals surface area contributed by atoms with Gasteiger partial charge in [-0.05, 0) is 63.6 Å². The molecule has 3 N–H and O–H groups in total. The molecule has 45 heavy (non-hydrogen) atoms. The van der Waals surface area contributed by atoms with Gasteiger partial charge in [0, 0.05) is 38.0 Å². The Hall–Kier alpha value is -2.24. The van der Waals surface area contributed by atoms with Crippen molar-refractivity contribution < 1.29 is 39.1 Å². The van der Waals surface area contributed by atoms with E-state index in [2.05, 4.69) is 24.8 Å². The highest BCUT2D eigenvalue weighted by Gasteiger charge is 2.45. The smallest absolute Gasteiger partial charge is 0.410 e. The third-order valence-electron chi connectivity index (χ3n) is 9.65. The van der Waals surface area contributed by atoms with Gasteiger partial charge in [0.1, 0.15) is 11.7 Å². The van der Waals surface area contributed by atoms with Gasteiger partial charge >= 0.3 is 12.1 Å². The summed E-state index contributed by atoms with van der Waals surface area (Å²) in [5, 5.41) is 32.1. The van der Waals surface area contributed by atoms with Crippen LogP contribution in [-0.2, 0) is 19.0 Å². The van der Waals surface area contributed by atoms with Crippen molar-refractivity contribution in [3.63, 3.8) is 0 Å². The molecule has 0 spiro atoms. The van der Waals surface area contributed by atoms with Gasteiger partial charge in [-0.1, -0.05) is 58.9 Å². The molecular weight excluding hydrogens is 576 g/mol. The zero-order valence-corrected chi connectivity index (χ0v) is 28.4. The number of likely N-dealkylation sites (N-methyl/N-ethyl adjacent to an activating group) is 1. The molecule has 0 aliphatic carbocycles. The fourth-order valence-corrected chi connectivity index (χ4v) is 6.22. The van der Waals surface area contributed by atoms with Crippen LogP contribution in [0.2, 0.25) is 0 Å². The molecule has 2 fully saturated rings. The number of aliphatic hydroxyl groups is 3. The molecule has 3 heterocycles. The fourth-order valence-electron chi connectivity index (χ4n) is 6.22. The maximum absolute atomic E-state index is 13.1. The number of aliphatic hydroxyl groups excluding tert-OH is 2. The normalized spacial score (nSPS) is 34.4. The maximum atomic E-state index is 13.1. The Morgan fingerprint density at radius 3 is 2.53 bits per heavy atom. The third-order valence-corrected chi connectivity index (χ3v) is 9.65. The summed E-state index contributed by atoms with van der Waals surface area (Å²) in [5.74, 6) is -0.438. The quantitative estimate of drug-likeness (QED) is 0.140. The lowest BCUT2D eigenvalue weighted by Gasteiger charge is -2.37. The molecule has 0 aromatic carbocycles. The number of allylic oxidation sites excluding steroid dienone is 3. The van der Waals surface area contributed by atoms with Crippen LogP contribution in [0, 0.1) is 17.8 Å². The zero-order valence-electron chi connectivity index (χ0n) is 28.4. The molecule has 3 rings (SSSR count). The number of hydrogen-bond donors (Lipinski definition) is 3. The average Bonchev–Trinajstić information content (AvgIpc) is 3.77. The summed E-state index contributed by atoms with van der Waals surface area (Å²) in [5.41, 5.74) is -0.623. The van der Waals surface area contributed by atoms with Crippen LogP contribution in [-0.4, -0.2) is 112 Å². The number of epoxide rings is 1. The highest BCUT2D eigenvalue weighted by Crippen LogP contribution is 2.36. The topological polar surface area (TPSA) is 132 Å². The first-order valence-electron chi connectivity index (χ1n) is 16.9. The van der Waals surface area contributed by atoms with Crippen molar-refractivity contribution in [2.45, 2.75) is 123 Å². The lowest BCUT2D eigenvalue weighted by atomic mass is 9.88. The number of rotatable bonds is 10. The predicted octanol–water partition coefficient (Wildman–Crippen LogP) is 4.23. The molecular formula is C35H58N2O8. The second-order valence-electron chi connectivity index (χ2n) is 13.6. The van der Waals surface area contributed by atoms with Crippen molar-refractivity contribution in [2.75, 3.05) is 32.7 Å². The summed E-state index contributed by atoms with van der Waals surface area (Å²) in [4.78, 5) is 29.8. The summed E-state index contributed by atoms with van der Waals surface area (Å²) in [6, 6.07) is 0. The SMILES string of the molecule is CCC(O)C(C)C1OC1CC(C)C=CC=C(C)C1OC(=O)CC(O)CCC(C)(O)C(OC(=O)N2CCN(CC)CC2)C=CC1C. The Morgan fingerprint density at radius 1 is 1.20 bits per heavy atom. The number of amides is 1. The highest BCUT2D eigenvalue weighted by atomic mass is 16.6. The first-order chi connectivity index (χ1) is 21.2. The molecule has 0 radical (unpaired) electrons. The van der Waals surface area contributed by atoms with Crippen molar-refractivity contribution in [2.24, 2.45) is 17.8 Å². The lowest BCUT2D eigenvalue weighted by Crippen LogP contribution is -2.51. The summed E-state index contributed by atoms with van der Waals surface area (Å²) in [6.45, 7) is 17.2. The maximum Gasteiger partial charge on any atom is 0.410 e. The molecule has 3 aliphatic rings. The molecule has 0 aromatic rings. The molecule has 0 bridgehead atoms. The van der Waals surface area contributed by atoms with Crippen molar-refractivity contribution >= 4 is 12.1 Å². The standard InChI is InChI=1S/C35H58N2O8/c1-8-28(39)26(6)33-29(43-33)21-23(3)11-10-12-24(4)32-25(5)13-14-30(35(7,42)16-15-27(38)22-31(40)45-32)44-34(41)37-19-17-36(9-2)18-20-37/h10-14,23,25-30,32-33,38-39,42H,8-9,15-22H2,1-7H3. The van der Waals surface area contributed by atoms with E-state index < -0.39 is 36.0 Å². The van der Waals surface area contributed by atoms with Crippen LogP contribution < -0.4 is 0 Å². The molecule has 0 saturated carbocycles. The van der Waals surface area contributed by atoms with E-state index in [4.69, 9.17) is 14.2 Å². The van der Waals surface area contributed by atoms with Gasteiger partial charge in [0.15, 0.2) is 6.10 Å². The molecule has 3 aliphatic heterocycles. The van der Waals surface area contributed by atoms with Gasteiger partial charge < -0.3 is 39.3 Å². The van der Waals surface area contributed by atoms with E-state index in [-0.39, 0.29) is 55.3 Å². The highest BCUT2D eigenvalue weighted by molar-refractivity contribution is 5.70. The van der Waals surface area contributed by atoms with Crippen molar-refractivity contribution in [1.82, 2.24) is 9.80 Å². The summed E-state index contributed by atoms with van der Waals surface area (Å²) in [6.07, 6.45) is 8.04. The van der Waals surface area contributed by atoms with E-state index >= 15 is 0 Å². The van der Waals surface area contributed by atoms with E-state index in [1.165, 1.54) is 0 Å².